The summed E-state index contributed by atoms with van der Waals surface area (Å²) in [6.45, 7) is 2.66. The Morgan fingerprint density at radius 2 is 1.88 bits per heavy atom. The largest absolute Gasteiger partial charge is 0.421 e. The predicted molar refractivity (Wildman–Crippen MR) is 95.3 cm³/mol. The van der Waals surface area contributed by atoms with Gasteiger partial charge in [-0.1, -0.05) is 18.2 Å². The van der Waals surface area contributed by atoms with E-state index in [2.05, 4.69) is 25.5 Å². The van der Waals surface area contributed by atoms with Gasteiger partial charge in [0.05, 0.1) is 0 Å². The van der Waals surface area contributed by atoms with Crippen molar-refractivity contribution in [1.29, 1.82) is 0 Å². The average molecular weight is 335 g/mol. The highest BCUT2D eigenvalue weighted by atomic mass is 16.4. The Labute approximate surface area is 146 Å². The van der Waals surface area contributed by atoms with Crippen LogP contribution in [0, 0.1) is 6.92 Å². The summed E-state index contributed by atoms with van der Waals surface area (Å²) in [5.74, 6) is 2.98. The van der Waals surface area contributed by atoms with Gasteiger partial charge in [-0.05, 0) is 44.7 Å². The van der Waals surface area contributed by atoms with E-state index in [0.29, 0.717) is 24.7 Å². The van der Waals surface area contributed by atoms with Crippen molar-refractivity contribution in [1.82, 2.24) is 20.2 Å². The first-order valence-electron chi connectivity index (χ1n) is 8.77. The summed E-state index contributed by atoms with van der Waals surface area (Å²) < 4.78 is 5.75. The number of rotatable bonds is 5. The van der Waals surface area contributed by atoms with Crippen LogP contribution in [0.1, 0.15) is 35.8 Å². The summed E-state index contributed by atoms with van der Waals surface area (Å²) >= 11 is 0. The molecule has 2 heterocycles. The van der Waals surface area contributed by atoms with E-state index in [1.807, 2.05) is 37.3 Å². The van der Waals surface area contributed by atoms with Gasteiger partial charge in [-0.25, -0.2) is 9.97 Å². The third-order valence-corrected chi connectivity index (χ3v) is 4.41. The van der Waals surface area contributed by atoms with Gasteiger partial charge in [0.1, 0.15) is 11.6 Å². The lowest BCUT2D eigenvalue weighted by molar-refractivity contribution is 0.509. The molecule has 4 rings (SSSR count). The normalized spacial score (nSPS) is 13.5. The van der Waals surface area contributed by atoms with Crippen molar-refractivity contribution in [3.8, 4) is 11.5 Å². The minimum atomic E-state index is 0.561. The SMILES string of the molecule is Cc1nc2c(c(NCCc3nnc(-c4ccccc4)o3)n1)CCCC2. The van der Waals surface area contributed by atoms with Gasteiger partial charge in [-0.15, -0.1) is 10.2 Å². The van der Waals surface area contributed by atoms with E-state index in [-0.39, 0.29) is 0 Å². The Morgan fingerprint density at radius 3 is 2.76 bits per heavy atom. The fourth-order valence-electron chi connectivity index (χ4n) is 3.20. The average Bonchev–Trinajstić information content (AvgIpc) is 3.11. The van der Waals surface area contributed by atoms with Crippen molar-refractivity contribution < 1.29 is 4.42 Å². The minimum Gasteiger partial charge on any atom is -0.421 e. The standard InChI is InChI=1S/C19H21N5O/c1-13-21-16-10-6-5-9-15(16)18(22-13)20-12-11-17-23-24-19(25-17)14-7-3-2-4-8-14/h2-4,7-8H,5-6,9-12H2,1H3,(H,20,21,22). The Balaban J connectivity index is 1.42. The maximum atomic E-state index is 5.75. The predicted octanol–water partition coefficient (Wildman–Crippen LogP) is 3.37. The third-order valence-electron chi connectivity index (χ3n) is 4.41. The lowest BCUT2D eigenvalue weighted by atomic mass is 9.96. The molecule has 0 bridgehead atoms. The molecule has 0 unspecified atom stereocenters. The summed E-state index contributed by atoms with van der Waals surface area (Å²) in [7, 11) is 0. The van der Waals surface area contributed by atoms with E-state index in [4.69, 9.17) is 4.42 Å². The van der Waals surface area contributed by atoms with E-state index in [1.165, 1.54) is 24.1 Å². The van der Waals surface area contributed by atoms with Crippen LogP contribution < -0.4 is 5.32 Å². The van der Waals surface area contributed by atoms with Gasteiger partial charge in [-0.2, -0.15) is 0 Å². The summed E-state index contributed by atoms with van der Waals surface area (Å²) in [6.07, 6.45) is 5.19. The number of nitrogens with one attached hydrogen (secondary N) is 1. The monoisotopic (exact) mass is 335 g/mol. The van der Waals surface area contributed by atoms with Crippen molar-refractivity contribution in [3.63, 3.8) is 0 Å². The quantitative estimate of drug-likeness (QED) is 0.770. The molecule has 1 aliphatic rings. The molecule has 1 aromatic carbocycles. The lowest BCUT2D eigenvalue weighted by Crippen LogP contribution is -2.15. The van der Waals surface area contributed by atoms with Crippen molar-refractivity contribution in [2.45, 2.75) is 39.0 Å². The van der Waals surface area contributed by atoms with Crippen molar-refractivity contribution >= 4 is 5.82 Å². The van der Waals surface area contributed by atoms with Crippen molar-refractivity contribution in [3.05, 3.63) is 53.3 Å². The van der Waals surface area contributed by atoms with Crippen LogP contribution in [0.2, 0.25) is 0 Å². The molecule has 0 aliphatic heterocycles. The summed E-state index contributed by atoms with van der Waals surface area (Å²) in [4.78, 5) is 9.17. The number of anilines is 1. The molecule has 0 radical (unpaired) electrons. The molecule has 128 valence electrons. The van der Waals surface area contributed by atoms with Gasteiger partial charge >= 0.3 is 0 Å². The summed E-state index contributed by atoms with van der Waals surface area (Å²) in [5.41, 5.74) is 3.41. The topological polar surface area (TPSA) is 76.7 Å². The van der Waals surface area contributed by atoms with Crippen molar-refractivity contribution in [2.24, 2.45) is 0 Å². The molecule has 0 saturated heterocycles. The van der Waals surface area contributed by atoms with Crippen LogP contribution >= 0.6 is 0 Å². The second-order valence-corrected chi connectivity index (χ2v) is 6.30. The van der Waals surface area contributed by atoms with Crippen LogP contribution in [-0.2, 0) is 19.3 Å². The zero-order chi connectivity index (χ0) is 17.1. The van der Waals surface area contributed by atoms with Crippen LogP contribution in [0.3, 0.4) is 0 Å². The number of fused-ring (bicyclic) bond motifs is 1. The maximum absolute atomic E-state index is 5.75. The molecule has 6 nitrogen and oxygen atoms in total. The minimum absolute atomic E-state index is 0.561. The zero-order valence-electron chi connectivity index (χ0n) is 14.3. The molecule has 1 N–H and O–H groups in total. The van der Waals surface area contributed by atoms with Gasteiger partial charge in [0, 0.05) is 29.8 Å². The highest BCUT2D eigenvalue weighted by Crippen LogP contribution is 2.25. The Morgan fingerprint density at radius 1 is 1.04 bits per heavy atom. The molecule has 25 heavy (non-hydrogen) atoms. The second kappa shape index (κ2) is 7.01. The number of nitrogens with zero attached hydrogens (tertiary/aromatic N) is 4. The number of hydrogen-bond acceptors (Lipinski definition) is 6. The van der Waals surface area contributed by atoms with Crippen LogP contribution in [0.25, 0.3) is 11.5 Å². The highest BCUT2D eigenvalue weighted by molar-refractivity contribution is 5.51. The molecule has 0 spiro atoms. The van der Waals surface area contributed by atoms with E-state index in [0.717, 1.165) is 30.0 Å². The first-order chi connectivity index (χ1) is 12.3. The van der Waals surface area contributed by atoms with Gasteiger partial charge in [0.15, 0.2) is 0 Å². The highest BCUT2D eigenvalue weighted by Gasteiger charge is 2.17. The Bertz CT molecular complexity index is 860. The summed E-state index contributed by atoms with van der Waals surface area (Å²) in [5, 5.41) is 11.7. The number of hydrogen-bond donors (Lipinski definition) is 1. The van der Waals surface area contributed by atoms with Gasteiger partial charge < -0.3 is 9.73 Å². The Kier molecular flexibility index (Phi) is 4.41. The van der Waals surface area contributed by atoms with Crippen LogP contribution in [-0.4, -0.2) is 26.7 Å². The van der Waals surface area contributed by atoms with E-state index >= 15 is 0 Å². The van der Waals surface area contributed by atoms with Crippen molar-refractivity contribution in [2.75, 3.05) is 11.9 Å². The van der Waals surface area contributed by atoms with Gasteiger partial charge in [0.2, 0.25) is 11.8 Å². The lowest BCUT2D eigenvalue weighted by Gasteiger charge is -2.19. The zero-order valence-corrected chi connectivity index (χ0v) is 14.3. The fraction of sp³-hybridized carbons (Fsp3) is 0.368. The molecule has 0 saturated carbocycles. The molecule has 0 fully saturated rings. The number of aryl methyl sites for hydroxylation is 2. The molecule has 6 heteroatoms. The van der Waals surface area contributed by atoms with E-state index < -0.39 is 0 Å². The van der Waals surface area contributed by atoms with Gasteiger partial charge in [0.25, 0.3) is 0 Å². The van der Waals surface area contributed by atoms with Gasteiger partial charge in [-0.3, -0.25) is 0 Å². The molecule has 2 aromatic heterocycles. The summed E-state index contributed by atoms with van der Waals surface area (Å²) in [6, 6.07) is 9.81. The first kappa shape index (κ1) is 15.7. The first-order valence-corrected chi connectivity index (χ1v) is 8.77. The van der Waals surface area contributed by atoms with Crippen LogP contribution in [0.15, 0.2) is 34.7 Å². The molecule has 1 aliphatic carbocycles. The molecule has 0 amide bonds. The third kappa shape index (κ3) is 3.52. The molecular weight excluding hydrogens is 314 g/mol. The Hall–Kier alpha value is -2.76. The number of aromatic nitrogens is 4. The smallest absolute Gasteiger partial charge is 0.247 e. The molecule has 0 atom stereocenters. The van der Waals surface area contributed by atoms with Crippen LogP contribution in [0.5, 0.6) is 0 Å². The fourth-order valence-corrected chi connectivity index (χ4v) is 3.20. The maximum Gasteiger partial charge on any atom is 0.247 e. The molecular formula is C19H21N5O. The van der Waals surface area contributed by atoms with Crippen LogP contribution in [0.4, 0.5) is 5.82 Å². The van der Waals surface area contributed by atoms with E-state index in [1.54, 1.807) is 0 Å². The second-order valence-electron chi connectivity index (χ2n) is 6.30. The molecule has 3 aromatic rings. The number of benzene rings is 1. The van der Waals surface area contributed by atoms with E-state index in [9.17, 15) is 0 Å².